The van der Waals surface area contributed by atoms with Crippen LogP contribution in [0, 0.1) is 0 Å². The second-order valence-corrected chi connectivity index (χ2v) is 8.90. The molecular formula is C16H26Cl2N4O3S. The van der Waals surface area contributed by atoms with E-state index < -0.39 is 20.5 Å². The summed E-state index contributed by atoms with van der Waals surface area (Å²) in [5.74, 6) is 0.437. The number of hydrogen-bond donors (Lipinski definition) is 2. The summed E-state index contributed by atoms with van der Waals surface area (Å²) in [6.45, 7) is 3.05. The minimum absolute atomic E-state index is 0. The third-order valence-electron chi connectivity index (χ3n) is 4.97. The number of aromatic nitrogens is 1. The third-order valence-corrected chi connectivity index (χ3v) is 6.98. The van der Waals surface area contributed by atoms with Crippen molar-refractivity contribution < 1.29 is 13.2 Å². The van der Waals surface area contributed by atoms with Gasteiger partial charge >= 0.3 is 0 Å². The van der Waals surface area contributed by atoms with E-state index >= 15 is 0 Å². The second-order valence-electron chi connectivity index (χ2n) is 6.57. The van der Waals surface area contributed by atoms with Crippen molar-refractivity contribution in [2.75, 3.05) is 42.7 Å². The van der Waals surface area contributed by atoms with Gasteiger partial charge in [0.15, 0.2) is 14.6 Å². The maximum Gasteiger partial charge on any atom is 0.245 e. The molecule has 7 nitrogen and oxygen atoms in total. The molecule has 1 aromatic rings. The Morgan fingerprint density at radius 2 is 1.81 bits per heavy atom. The molecule has 2 N–H and O–H groups in total. The van der Waals surface area contributed by atoms with Gasteiger partial charge in [0.2, 0.25) is 5.91 Å². The van der Waals surface area contributed by atoms with Gasteiger partial charge in [0, 0.05) is 19.3 Å². The Balaban J connectivity index is 0.00000169. The fourth-order valence-electron chi connectivity index (χ4n) is 3.44. The number of rotatable bonds is 4. The first-order chi connectivity index (χ1) is 11.4. The first kappa shape index (κ1) is 23.0. The molecule has 2 aliphatic heterocycles. The zero-order valence-electron chi connectivity index (χ0n) is 14.7. The molecular weight excluding hydrogens is 399 g/mol. The van der Waals surface area contributed by atoms with Gasteiger partial charge in [-0.3, -0.25) is 4.79 Å². The van der Waals surface area contributed by atoms with E-state index in [1.807, 2.05) is 6.07 Å². The molecule has 0 bridgehead atoms. The van der Waals surface area contributed by atoms with Crippen molar-refractivity contribution >= 4 is 52.1 Å². The summed E-state index contributed by atoms with van der Waals surface area (Å²) in [5.41, 5.74) is 0.532. The van der Waals surface area contributed by atoms with Crippen LogP contribution in [-0.4, -0.2) is 56.5 Å². The number of piperidine rings is 1. The lowest BCUT2D eigenvalue weighted by molar-refractivity contribution is -0.119. The van der Waals surface area contributed by atoms with Gasteiger partial charge in [-0.05, 0) is 50.9 Å². The van der Waals surface area contributed by atoms with Gasteiger partial charge in [-0.25, -0.2) is 13.4 Å². The molecule has 0 aromatic carbocycles. The first-order valence-electron chi connectivity index (χ1n) is 8.35. The second kappa shape index (κ2) is 9.21. The fourth-order valence-corrected chi connectivity index (χ4v) is 4.77. The van der Waals surface area contributed by atoms with Gasteiger partial charge in [0.05, 0.1) is 11.9 Å². The predicted molar refractivity (Wildman–Crippen MR) is 108 cm³/mol. The van der Waals surface area contributed by atoms with Crippen LogP contribution in [0.15, 0.2) is 18.3 Å². The van der Waals surface area contributed by atoms with Crippen LogP contribution in [0.3, 0.4) is 0 Å². The van der Waals surface area contributed by atoms with Crippen LogP contribution in [0.4, 0.5) is 11.5 Å². The zero-order chi connectivity index (χ0) is 17.2. The van der Waals surface area contributed by atoms with E-state index in [1.54, 1.807) is 12.3 Å². The van der Waals surface area contributed by atoms with Gasteiger partial charge in [-0.2, -0.15) is 0 Å². The largest absolute Gasteiger partial charge is 0.357 e. The molecule has 26 heavy (non-hydrogen) atoms. The molecule has 10 heteroatoms. The maximum atomic E-state index is 12.7. The number of nitrogens with zero attached hydrogens (tertiary/aromatic N) is 2. The van der Waals surface area contributed by atoms with Gasteiger partial charge < -0.3 is 15.5 Å². The van der Waals surface area contributed by atoms with Crippen molar-refractivity contribution in [3.63, 3.8) is 0 Å². The molecule has 0 spiro atoms. The van der Waals surface area contributed by atoms with Gasteiger partial charge in [-0.15, -0.1) is 24.8 Å². The minimum atomic E-state index is -3.51. The third kappa shape index (κ3) is 4.60. The summed E-state index contributed by atoms with van der Waals surface area (Å²) in [6.07, 6.45) is 5.67. The summed E-state index contributed by atoms with van der Waals surface area (Å²) < 4.78 is 23.2. The van der Waals surface area contributed by atoms with Crippen molar-refractivity contribution in [3.05, 3.63) is 18.3 Å². The number of sulfone groups is 1. The monoisotopic (exact) mass is 424 g/mol. The molecule has 0 saturated carbocycles. The van der Waals surface area contributed by atoms with Crippen molar-refractivity contribution in [1.82, 2.24) is 10.3 Å². The van der Waals surface area contributed by atoms with E-state index in [-0.39, 0.29) is 37.7 Å². The van der Waals surface area contributed by atoms with Crippen LogP contribution in [-0.2, 0) is 14.6 Å². The molecule has 2 fully saturated rings. The average Bonchev–Trinajstić information content (AvgIpc) is 3.09. The maximum absolute atomic E-state index is 12.7. The van der Waals surface area contributed by atoms with Crippen molar-refractivity contribution in [3.8, 4) is 0 Å². The summed E-state index contributed by atoms with van der Waals surface area (Å²) in [7, 11) is -3.51. The van der Waals surface area contributed by atoms with Crippen molar-refractivity contribution in [2.45, 2.75) is 30.4 Å². The lowest BCUT2D eigenvalue weighted by Crippen LogP contribution is -2.55. The van der Waals surface area contributed by atoms with Crippen LogP contribution in [0.2, 0.25) is 0 Å². The van der Waals surface area contributed by atoms with Gasteiger partial charge in [-0.1, -0.05) is 0 Å². The Hall–Kier alpha value is -1.09. The summed E-state index contributed by atoms with van der Waals surface area (Å²) in [4.78, 5) is 19.3. The van der Waals surface area contributed by atoms with Crippen molar-refractivity contribution in [1.29, 1.82) is 0 Å². The minimum Gasteiger partial charge on any atom is -0.357 e. The highest BCUT2D eigenvalue weighted by Crippen LogP contribution is 2.29. The number of halogens is 2. The molecule has 3 heterocycles. The zero-order valence-corrected chi connectivity index (χ0v) is 17.2. The lowest BCUT2D eigenvalue weighted by atomic mass is 9.96. The number of anilines is 2. The lowest BCUT2D eigenvalue weighted by Gasteiger charge is -2.34. The number of amides is 1. The molecule has 0 atom stereocenters. The summed E-state index contributed by atoms with van der Waals surface area (Å²) >= 11 is 0. The quantitative estimate of drug-likeness (QED) is 0.762. The van der Waals surface area contributed by atoms with E-state index in [0.29, 0.717) is 18.8 Å². The molecule has 1 amide bonds. The summed E-state index contributed by atoms with van der Waals surface area (Å²) in [6, 6.07) is 3.66. The molecule has 2 aliphatic rings. The molecule has 2 saturated heterocycles. The van der Waals surface area contributed by atoms with Crippen LogP contribution >= 0.6 is 24.8 Å². The van der Waals surface area contributed by atoms with Crippen LogP contribution < -0.4 is 15.5 Å². The number of carbonyl (C=O) groups excluding carboxylic acids is 1. The molecule has 0 radical (unpaired) electrons. The Morgan fingerprint density at radius 1 is 1.19 bits per heavy atom. The first-order valence-corrected chi connectivity index (χ1v) is 10.2. The number of carbonyl (C=O) groups is 1. The number of hydrogen-bond acceptors (Lipinski definition) is 6. The van der Waals surface area contributed by atoms with Crippen molar-refractivity contribution in [2.24, 2.45) is 0 Å². The van der Waals surface area contributed by atoms with E-state index in [2.05, 4.69) is 20.5 Å². The number of pyridine rings is 1. The molecule has 0 aliphatic carbocycles. The van der Waals surface area contributed by atoms with E-state index in [4.69, 9.17) is 0 Å². The molecule has 3 rings (SSSR count). The van der Waals surface area contributed by atoms with Crippen LogP contribution in [0.1, 0.15) is 25.7 Å². The predicted octanol–water partition coefficient (Wildman–Crippen LogP) is 1.63. The Morgan fingerprint density at radius 3 is 2.31 bits per heavy atom. The Labute approximate surface area is 167 Å². The highest BCUT2D eigenvalue weighted by molar-refractivity contribution is 7.92. The van der Waals surface area contributed by atoms with Gasteiger partial charge in [0.25, 0.3) is 0 Å². The van der Waals surface area contributed by atoms with E-state index in [9.17, 15) is 13.2 Å². The Kier molecular flexibility index (Phi) is 8.13. The smallest absolute Gasteiger partial charge is 0.245 e. The average molecular weight is 425 g/mol. The Bertz CT molecular complexity index is 701. The SMILES string of the molecule is CS(=O)(=O)C1(C(=O)Nc2ccc(N3CCCC3)nc2)CCNCC1.Cl.Cl. The highest BCUT2D eigenvalue weighted by Gasteiger charge is 2.48. The van der Waals surface area contributed by atoms with Crippen LogP contribution in [0.25, 0.3) is 0 Å². The van der Waals surface area contributed by atoms with E-state index in [0.717, 1.165) is 25.2 Å². The number of nitrogens with one attached hydrogen (secondary N) is 2. The van der Waals surface area contributed by atoms with E-state index in [1.165, 1.54) is 12.8 Å². The summed E-state index contributed by atoms with van der Waals surface area (Å²) in [5, 5.41) is 5.86. The standard InChI is InChI=1S/C16H24N4O3S.2ClH/c1-24(22,23)16(6-8-17-9-7-16)15(21)19-13-4-5-14(18-12-13)20-10-2-3-11-20;;/h4-5,12,17H,2-3,6-11H2,1H3,(H,19,21);2*1H. The molecule has 1 aromatic heterocycles. The highest BCUT2D eigenvalue weighted by atomic mass is 35.5. The topological polar surface area (TPSA) is 91.4 Å². The van der Waals surface area contributed by atoms with Crippen LogP contribution in [0.5, 0.6) is 0 Å². The molecule has 148 valence electrons. The normalized spacial score (nSPS) is 19.2. The molecule has 0 unspecified atom stereocenters. The fraction of sp³-hybridized carbons (Fsp3) is 0.625. The van der Waals surface area contributed by atoms with Gasteiger partial charge in [0.1, 0.15) is 5.82 Å².